The van der Waals surface area contributed by atoms with Gasteiger partial charge in [0.2, 0.25) is 0 Å². The number of amides is 1. The van der Waals surface area contributed by atoms with Crippen molar-refractivity contribution in [1.82, 2.24) is 15.1 Å². The summed E-state index contributed by atoms with van der Waals surface area (Å²) in [5.41, 5.74) is 3.36. The van der Waals surface area contributed by atoms with E-state index in [1.807, 2.05) is 11.6 Å². The number of rotatable bonds is 7. The smallest absolute Gasteiger partial charge is 0.335 e. The predicted octanol–water partition coefficient (Wildman–Crippen LogP) is 3.50. The van der Waals surface area contributed by atoms with Gasteiger partial charge in [0.1, 0.15) is 11.4 Å². The Kier molecular flexibility index (Phi) is 6.71. The number of carboxylic acids is 1. The first-order valence-corrected chi connectivity index (χ1v) is 12.0. The average Bonchev–Trinajstić information content (AvgIpc) is 3.06. The van der Waals surface area contributed by atoms with Crippen LogP contribution in [0.4, 0.5) is 0 Å². The van der Waals surface area contributed by atoms with E-state index in [1.54, 1.807) is 25.3 Å². The number of ether oxygens (including phenoxy) is 2. The zero-order chi connectivity index (χ0) is 24.5. The molecule has 8 heteroatoms. The highest BCUT2D eigenvalue weighted by atomic mass is 16.5. The summed E-state index contributed by atoms with van der Waals surface area (Å²) in [7, 11) is 1.58. The number of aromatic nitrogens is 2. The Morgan fingerprint density at radius 3 is 2.68 bits per heavy atom. The fourth-order valence-corrected chi connectivity index (χ4v) is 5.39. The van der Waals surface area contributed by atoms with Crippen molar-refractivity contribution in [2.45, 2.75) is 59.4 Å². The number of methoxy groups -OCH3 is 1. The third-order valence-corrected chi connectivity index (χ3v) is 7.24. The maximum Gasteiger partial charge on any atom is 0.335 e. The summed E-state index contributed by atoms with van der Waals surface area (Å²) in [4.78, 5) is 24.9. The molecule has 1 saturated heterocycles. The summed E-state index contributed by atoms with van der Waals surface area (Å²) in [5, 5.41) is 17.7. The van der Waals surface area contributed by atoms with E-state index in [4.69, 9.17) is 14.6 Å². The van der Waals surface area contributed by atoms with Gasteiger partial charge >= 0.3 is 5.97 Å². The highest BCUT2D eigenvalue weighted by Gasteiger charge is 2.40. The van der Waals surface area contributed by atoms with Crippen molar-refractivity contribution in [2.75, 3.05) is 26.9 Å². The summed E-state index contributed by atoms with van der Waals surface area (Å²) in [6.45, 7) is 8.93. The minimum Gasteiger partial charge on any atom is -0.497 e. The SMILES string of the molecule is CCn1nc(CC(C)(C)Cc2cc(OC)ccc2C(=O)O)c2c1C(=O)NCC1(CCOCC1)C2. The normalized spacial score (nSPS) is 17.7. The molecule has 0 aliphatic carbocycles. The van der Waals surface area contributed by atoms with E-state index in [9.17, 15) is 14.7 Å². The molecule has 3 heterocycles. The van der Waals surface area contributed by atoms with Gasteiger partial charge in [-0.15, -0.1) is 0 Å². The van der Waals surface area contributed by atoms with E-state index in [-0.39, 0.29) is 22.3 Å². The molecule has 0 radical (unpaired) electrons. The fraction of sp³-hybridized carbons (Fsp3) is 0.577. The number of carboxylic acid groups (broad SMARTS) is 1. The zero-order valence-electron chi connectivity index (χ0n) is 20.6. The Hall–Kier alpha value is -2.87. The number of benzene rings is 1. The molecule has 4 rings (SSSR count). The number of carbonyl (C=O) groups is 2. The molecule has 2 aromatic rings. The molecule has 0 unspecified atom stereocenters. The molecule has 2 aliphatic heterocycles. The van der Waals surface area contributed by atoms with Crippen LogP contribution in [-0.4, -0.2) is 53.6 Å². The summed E-state index contributed by atoms with van der Waals surface area (Å²) < 4.78 is 12.8. The topological polar surface area (TPSA) is 103 Å². The van der Waals surface area contributed by atoms with E-state index < -0.39 is 5.97 Å². The van der Waals surface area contributed by atoms with Crippen LogP contribution in [0.3, 0.4) is 0 Å². The van der Waals surface area contributed by atoms with Crippen LogP contribution in [0.2, 0.25) is 0 Å². The van der Waals surface area contributed by atoms with Crippen molar-refractivity contribution in [3.8, 4) is 5.75 Å². The van der Waals surface area contributed by atoms with Gasteiger partial charge in [0.25, 0.3) is 5.91 Å². The average molecular weight is 470 g/mol. The summed E-state index contributed by atoms with van der Waals surface area (Å²) in [6, 6.07) is 5.08. The molecule has 1 spiro atoms. The van der Waals surface area contributed by atoms with Gasteiger partial charge in [-0.05, 0) is 73.6 Å². The standard InChI is InChI=1S/C26H35N3O5/c1-5-29-22-20(14-26(16-27-23(22)30)8-10-34-11-9-26)21(28-29)15-25(2,3)13-17-12-18(33-4)6-7-19(17)24(31)32/h6-7,12H,5,8-11,13-16H2,1-4H3,(H,27,30)(H,31,32). The molecule has 0 atom stereocenters. The number of aromatic carboxylic acids is 1. The number of nitrogens with one attached hydrogen (secondary N) is 1. The number of fused-ring (bicyclic) bond motifs is 1. The highest BCUT2D eigenvalue weighted by Crippen LogP contribution is 2.39. The van der Waals surface area contributed by atoms with Crippen LogP contribution in [0.15, 0.2) is 18.2 Å². The van der Waals surface area contributed by atoms with Crippen LogP contribution in [0.25, 0.3) is 0 Å². The molecular weight excluding hydrogens is 434 g/mol. The minimum absolute atomic E-state index is 0.0110. The minimum atomic E-state index is -0.948. The third-order valence-electron chi connectivity index (χ3n) is 7.24. The quantitative estimate of drug-likeness (QED) is 0.643. The van der Waals surface area contributed by atoms with E-state index in [0.717, 1.165) is 36.1 Å². The molecule has 2 N–H and O–H groups in total. The maximum absolute atomic E-state index is 13.1. The van der Waals surface area contributed by atoms with Crippen LogP contribution in [0, 0.1) is 10.8 Å². The van der Waals surface area contributed by atoms with E-state index >= 15 is 0 Å². The Labute approximate surface area is 200 Å². The second-order valence-corrected chi connectivity index (χ2v) is 10.4. The lowest BCUT2D eigenvalue weighted by Crippen LogP contribution is -2.40. The molecule has 1 fully saturated rings. The molecule has 2 aliphatic rings. The third kappa shape index (κ3) is 4.82. The summed E-state index contributed by atoms with van der Waals surface area (Å²) in [6.07, 6.45) is 3.82. The Morgan fingerprint density at radius 2 is 2.03 bits per heavy atom. The number of carbonyl (C=O) groups excluding carboxylic acids is 1. The van der Waals surface area contributed by atoms with Crippen molar-refractivity contribution < 1.29 is 24.2 Å². The first-order chi connectivity index (χ1) is 16.2. The molecular formula is C26H35N3O5. The van der Waals surface area contributed by atoms with E-state index in [0.29, 0.717) is 50.6 Å². The van der Waals surface area contributed by atoms with Gasteiger partial charge in [0, 0.05) is 31.9 Å². The van der Waals surface area contributed by atoms with Gasteiger partial charge in [-0.2, -0.15) is 5.10 Å². The van der Waals surface area contributed by atoms with Crippen molar-refractivity contribution in [3.05, 3.63) is 46.3 Å². The molecule has 8 nitrogen and oxygen atoms in total. The maximum atomic E-state index is 13.1. The van der Waals surface area contributed by atoms with Gasteiger partial charge in [-0.25, -0.2) is 4.79 Å². The summed E-state index contributed by atoms with van der Waals surface area (Å²) in [5.74, 6) is -0.369. The van der Waals surface area contributed by atoms with Gasteiger partial charge in [0.05, 0.1) is 18.4 Å². The van der Waals surface area contributed by atoms with Crippen LogP contribution in [-0.2, 0) is 30.5 Å². The lowest BCUT2D eigenvalue weighted by Gasteiger charge is -2.36. The van der Waals surface area contributed by atoms with Gasteiger partial charge < -0.3 is 19.9 Å². The monoisotopic (exact) mass is 469 g/mol. The lowest BCUT2D eigenvalue weighted by molar-refractivity contribution is 0.0160. The van der Waals surface area contributed by atoms with Crippen molar-refractivity contribution in [1.29, 1.82) is 0 Å². The number of hydrogen-bond donors (Lipinski definition) is 2. The Balaban J connectivity index is 1.68. The molecule has 1 amide bonds. The van der Waals surface area contributed by atoms with Crippen molar-refractivity contribution in [2.24, 2.45) is 10.8 Å². The largest absolute Gasteiger partial charge is 0.497 e. The molecule has 0 bridgehead atoms. The second kappa shape index (κ2) is 9.41. The molecule has 184 valence electrons. The molecule has 1 aromatic carbocycles. The number of hydrogen-bond acceptors (Lipinski definition) is 5. The lowest BCUT2D eigenvalue weighted by atomic mass is 9.74. The highest BCUT2D eigenvalue weighted by molar-refractivity contribution is 5.95. The summed E-state index contributed by atoms with van der Waals surface area (Å²) >= 11 is 0. The zero-order valence-corrected chi connectivity index (χ0v) is 20.6. The molecule has 0 saturated carbocycles. The van der Waals surface area contributed by atoms with Crippen LogP contribution >= 0.6 is 0 Å². The molecule has 34 heavy (non-hydrogen) atoms. The van der Waals surface area contributed by atoms with Crippen molar-refractivity contribution in [3.63, 3.8) is 0 Å². The van der Waals surface area contributed by atoms with Gasteiger partial charge in [-0.3, -0.25) is 9.48 Å². The van der Waals surface area contributed by atoms with Crippen molar-refractivity contribution >= 4 is 11.9 Å². The second-order valence-electron chi connectivity index (χ2n) is 10.4. The van der Waals surface area contributed by atoms with Crippen LogP contribution in [0.1, 0.15) is 71.3 Å². The first-order valence-electron chi connectivity index (χ1n) is 12.0. The first kappa shape index (κ1) is 24.3. The van der Waals surface area contributed by atoms with Gasteiger partial charge in [0.15, 0.2) is 0 Å². The number of nitrogens with zero attached hydrogens (tertiary/aromatic N) is 2. The van der Waals surface area contributed by atoms with Crippen LogP contribution in [0.5, 0.6) is 5.75 Å². The predicted molar refractivity (Wildman–Crippen MR) is 128 cm³/mol. The molecule has 1 aromatic heterocycles. The Morgan fingerprint density at radius 1 is 1.29 bits per heavy atom. The fourth-order valence-electron chi connectivity index (χ4n) is 5.39. The number of aryl methyl sites for hydroxylation is 1. The van der Waals surface area contributed by atoms with E-state index in [1.165, 1.54) is 0 Å². The van der Waals surface area contributed by atoms with E-state index in [2.05, 4.69) is 19.2 Å². The van der Waals surface area contributed by atoms with Gasteiger partial charge in [-0.1, -0.05) is 13.8 Å². The van der Waals surface area contributed by atoms with Crippen LogP contribution < -0.4 is 10.1 Å². The Bertz CT molecular complexity index is 1080.